The van der Waals surface area contributed by atoms with E-state index in [0.29, 0.717) is 32.6 Å². The molecule has 12 rings (SSSR count). The second kappa shape index (κ2) is 13.0. The molecule has 284 valence electrons. The number of benzene rings is 6. The molecule has 0 saturated heterocycles. The molecule has 0 aliphatic rings. The molecule has 12 aromatic rings. The van der Waals surface area contributed by atoms with E-state index in [2.05, 4.69) is 129 Å². The van der Waals surface area contributed by atoms with Crippen LogP contribution in [0.25, 0.3) is 98.3 Å². The van der Waals surface area contributed by atoms with Crippen LogP contribution in [0.3, 0.4) is 0 Å². The third-order valence-electron chi connectivity index (χ3n) is 12.3. The number of nitrogens with one attached hydrogen (secondary N) is 2. The minimum atomic E-state index is -0.0625. The molecule has 59 heavy (non-hydrogen) atoms. The van der Waals surface area contributed by atoms with E-state index in [4.69, 9.17) is 10.2 Å². The van der Waals surface area contributed by atoms with E-state index >= 15 is 0 Å². The molecule has 10 heteroatoms. The highest BCUT2D eigenvalue weighted by Gasteiger charge is 2.26. The number of fused-ring (bicyclic) bond motifs is 12. The first-order valence-corrected chi connectivity index (χ1v) is 20.4. The summed E-state index contributed by atoms with van der Waals surface area (Å²) in [5, 5.41) is 28.5. The van der Waals surface area contributed by atoms with Crippen LogP contribution in [0.4, 0.5) is 0 Å². The largest absolute Gasteiger partial charge is 0.352 e. The molecule has 2 N–H and O–H groups in total. The molecule has 0 aliphatic heterocycles. The van der Waals surface area contributed by atoms with Crippen molar-refractivity contribution in [3.05, 3.63) is 133 Å². The van der Waals surface area contributed by atoms with E-state index in [1.807, 2.05) is 33.3 Å². The maximum atomic E-state index is 13.0. The maximum Gasteiger partial charge on any atom is 0.308 e. The number of para-hydroxylation sites is 4. The number of amides is 2. The van der Waals surface area contributed by atoms with E-state index in [1.165, 1.54) is 32.3 Å². The van der Waals surface area contributed by atoms with Crippen molar-refractivity contribution in [1.82, 2.24) is 29.9 Å². The van der Waals surface area contributed by atoms with E-state index in [0.717, 1.165) is 65.9 Å². The Morgan fingerprint density at radius 2 is 0.915 bits per heavy atom. The van der Waals surface area contributed by atoms with Crippen LogP contribution < -0.4 is 19.8 Å². The Hall–Kier alpha value is -7.46. The van der Waals surface area contributed by atoms with Crippen LogP contribution in [-0.4, -0.2) is 44.1 Å². The summed E-state index contributed by atoms with van der Waals surface area (Å²) in [6.07, 6.45) is 1.03. The molecule has 10 nitrogen and oxygen atoms in total. The molecule has 0 saturated carbocycles. The third-order valence-corrected chi connectivity index (χ3v) is 12.3. The van der Waals surface area contributed by atoms with Gasteiger partial charge >= 0.3 is 11.3 Å². The molecule has 0 fully saturated rings. The van der Waals surface area contributed by atoms with Gasteiger partial charge in [0.2, 0.25) is 22.8 Å². The average Bonchev–Trinajstić information content (AvgIpc) is 3.97. The summed E-state index contributed by atoms with van der Waals surface area (Å²) in [6.45, 7) is 2.09. The second-order valence-electron chi connectivity index (χ2n) is 15.6. The van der Waals surface area contributed by atoms with Crippen molar-refractivity contribution in [3.8, 4) is 0 Å². The lowest BCUT2D eigenvalue weighted by molar-refractivity contribution is -0.644. The molecular formula is C49H38N8O2+2. The van der Waals surface area contributed by atoms with Gasteiger partial charge in [0.05, 0.1) is 13.1 Å². The Morgan fingerprint density at radius 1 is 0.492 bits per heavy atom. The number of rotatable bonds is 10. The van der Waals surface area contributed by atoms with Crippen molar-refractivity contribution in [3.63, 3.8) is 0 Å². The first-order valence-electron chi connectivity index (χ1n) is 20.4. The SMILES string of the molecule is O=C(CCCC(=O)NCC[n+]1c2ccccc2n2nc3c(cc21)c1cccc2cccc3c21)NCC[n+]1c2ccccc2n2nc3c(cc21)c1cccc2cccc3c21. The Bertz CT molecular complexity index is 3410. The van der Waals surface area contributed by atoms with Gasteiger partial charge in [0.15, 0.2) is 11.0 Å². The molecule has 0 radical (unpaired) electrons. The normalized spacial score (nSPS) is 12.3. The van der Waals surface area contributed by atoms with Gasteiger partial charge in [-0.15, -0.1) is 0 Å². The molecule has 4 heterocycles. The molecule has 0 bridgehead atoms. The molecule has 0 aliphatic carbocycles. The van der Waals surface area contributed by atoms with Gasteiger partial charge in [-0.1, -0.05) is 116 Å². The molecule has 0 atom stereocenters. The van der Waals surface area contributed by atoms with Gasteiger partial charge in [0.1, 0.15) is 24.1 Å². The monoisotopic (exact) mass is 770 g/mol. The minimum Gasteiger partial charge on any atom is -0.352 e. The summed E-state index contributed by atoms with van der Waals surface area (Å²) in [5.41, 5.74) is 8.09. The van der Waals surface area contributed by atoms with Crippen LogP contribution in [0, 0.1) is 0 Å². The van der Waals surface area contributed by atoms with Crippen LogP contribution in [0.2, 0.25) is 0 Å². The summed E-state index contributed by atoms with van der Waals surface area (Å²) >= 11 is 0. The molecule has 4 aromatic heterocycles. The summed E-state index contributed by atoms with van der Waals surface area (Å²) in [7, 11) is 0. The Labute approximate surface area is 336 Å². The molecule has 0 unspecified atom stereocenters. The number of carbonyl (C=O) groups excluding carboxylic acids is 2. The van der Waals surface area contributed by atoms with Gasteiger partial charge in [-0.2, -0.15) is 0 Å². The van der Waals surface area contributed by atoms with Crippen molar-refractivity contribution in [2.24, 2.45) is 0 Å². The van der Waals surface area contributed by atoms with Crippen LogP contribution >= 0.6 is 0 Å². The highest BCUT2D eigenvalue weighted by atomic mass is 16.2. The van der Waals surface area contributed by atoms with Gasteiger partial charge in [0.25, 0.3) is 0 Å². The van der Waals surface area contributed by atoms with Crippen LogP contribution in [0.1, 0.15) is 19.3 Å². The van der Waals surface area contributed by atoms with Crippen molar-refractivity contribution < 1.29 is 18.7 Å². The highest BCUT2D eigenvalue weighted by molar-refractivity contribution is 6.30. The number of hydrogen-bond donors (Lipinski definition) is 2. The van der Waals surface area contributed by atoms with E-state index in [9.17, 15) is 9.59 Å². The quantitative estimate of drug-likeness (QED) is 0.139. The van der Waals surface area contributed by atoms with Gasteiger partial charge < -0.3 is 10.6 Å². The zero-order valence-corrected chi connectivity index (χ0v) is 32.2. The topological polar surface area (TPSA) is 101 Å². The van der Waals surface area contributed by atoms with Gasteiger partial charge in [-0.05, 0) is 63.0 Å². The van der Waals surface area contributed by atoms with Crippen molar-refractivity contribution in [2.45, 2.75) is 32.4 Å². The number of hydrogen-bond acceptors (Lipinski definition) is 4. The lowest BCUT2D eigenvalue weighted by Crippen LogP contribution is -2.41. The van der Waals surface area contributed by atoms with Crippen molar-refractivity contribution >= 4 is 110 Å². The number of imidazole rings is 2. The standard InChI is InChI=1S/C49H36N8O2/c58-42(50-24-26-54-38-18-1-3-20-40(38)56-44(54)28-36-32-14-5-10-30-12-7-16-34(46(30)32)48(36)52-56)22-9-23-43(59)51-25-27-55-39-19-2-4-21-41(39)57-45(55)29-37-33-15-6-11-31-13-8-17-35(47(31)33)49(37)53-57/h1-8,10-21,28-29H,9,22-27H2/p+2. The van der Waals surface area contributed by atoms with Crippen LogP contribution in [-0.2, 0) is 22.7 Å². The summed E-state index contributed by atoms with van der Waals surface area (Å²) < 4.78 is 8.53. The maximum absolute atomic E-state index is 13.0. The second-order valence-corrected chi connectivity index (χ2v) is 15.6. The van der Waals surface area contributed by atoms with E-state index in [-0.39, 0.29) is 24.7 Å². The summed E-state index contributed by atoms with van der Waals surface area (Å²) in [6, 6.07) is 46.7. The molecule has 0 spiro atoms. The van der Waals surface area contributed by atoms with Crippen molar-refractivity contribution in [2.75, 3.05) is 13.1 Å². The fraction of sp³-hybridized carbons (Fsp3) is 0.143. The molecule has 2 amide bonds. The Balaban J connectivity index is 0.711. The highest BCUT2D eigenvalue weighted by Crippen LogP contribution is 2.39. The smallest absolute Gasteiger partial charge is 0.308 e. The first kappa shape index (κ1) is 33.7. The molecule has 8 aromatic carbocycles. The zero-order chi connectivity index (χ0) is 39.2. The Morgan fingerprint density at radius 3 is 1.37 bits per heavy atom. The average molecular weight is 771 g/mol. The van der Waals surface area contributed by atoms with Crippen LogP contribution in [0.5, 0.6) is 0 Å². The number of aromatic nitrogens is 6. The van der Waals surface area contributed by atoms with Crippen LogP contribution in [0.15, 0.2) is 133 Å². The van der Waals surface area contributed by atoms with Crippen molar-refractivity contribution in [1.29, 1.82) is 0 Å². The summed E-state index contributed by atoms with van der Waals surface area (Å²) in [4.78, 5) is 26.0. The van der Waals surface area contributed by atoms with Gasteiger partial charge in [-0.25, -0.2) is 9.13 Å². The number of carbonyl (C=O) groups is 2. The zero-order valence-electron chi connectivity index (χ0n) is 32.2. The minimum absolute atomic E-state index is 0.0625. The number of nitrogens with zero attached hydrogens (tertiary/aromatic N) is 6. The predicted octanol–water partition coefficient (Wildman–Crippen LogP) is 7.76. The van der Waals surface area contributed by atoms with Gasteiger partial charge in [-0.3, -0.25) is 9.59 Å². The van der Waals surface area contributed by atoms with E-state index in [1.54, 1.807) is 0 Å². The van der Waals surface area contributed by atoms with Gasteiger partial charge in [0, 0.05) is 46.5 Å². The predicted molar refractivity (Wildman–Crippen MR) is 233 cm³/mol. The summed E-state index contributed by atoms with van der Waals surface area (Å²) in [5.74, 6) is -0.125. The Kier molecular flexibility index (Phi) is 7.44. The molecular weight excluding hydrogens is 733 g/mol. The fourth-order valence-corrected chi connectivity index (χ4v) is 9.66. The third kappa shape index (κ3) is 5.12. The lowest BCUT2D eigenvalue weighted by Gasteiger charge is -2.06. The first-order chi connectivity index (χ1) is 29.1. The lowest BCUT2D eigenvalue weighted by atomic mass is 10.1. The van der Waals surface area contributed by atoms with E-state index < -0.39 is 0 Å². The fourth-order valence-electron chi connectivity index (χ4n) is 9.66.